The summed E-state index contributed by atoms with van der Waals surface area (Å²) in [4.78, 5) is 21.9. The molecule has 0 amide bonds. The first-order valence-corrected chi connectivity index (χ1v) is 9.85. The molecule has 1 saturated heterocycles. The van der Waals surface area contributed by atoms with E-state index in [2.05, 4.69) is 0 Å². The van der Waals surface area contributed by atoms with E-state index in [4.69, 9.17) is 13.7 Å². The summed E-state index contributed by atoms with van der Waals surface area (Å²) in [5, 5.41) is -0.647. The van der Waals surface area contributed by atoms with Gasteiger partial charge in [-0.1, -0.05) is 6.92 Å². The zero-order valence-corrected chi connectivity index (χ0v) is 15.3. The van der Waals surface area contributed by atoms with Gasteiger partial charge in [0.15, 0.2) is 0 Å². The number of fused-ring (bicyclic) bond motifs is 1. The van der Waals surface area contributed by atoms with E-state index in [-0.39, 0.29) is 37.2 Å². The highest BCUT2D eigenvalue weighted by molar-refractivity contribution is 7.87. The first-order chi connectivity index (χ1) is 11.2. The molecule has 2 rings (SSSR count). The molecular weight excluding hydrogens is 336 g/mol. The maximum atomic E-state index is 12.5. The quantitative estimate of drug-likeness (QED) is 0.387. The van der Waals surface area contributed by atoms with Crippen LogP contribution in [0.3, 0.4) is 0 Å². The van der Waals surface area contributed by atoms with Crippen molar-refractivity contribution in [2.24, 2.45) is 11.3 Å². The molecule has 0 spiro atoms. The van der Waals surface area contributed by atoms with E-state index < -0.39 is 20.8 Å². The Hall–Kier alpha value is -1.15. The van der Waals surface area contributed by atoms with Crippen LogP contribution in [0.15, 0.2) is 0 Å². The summed E-state index contributed by atoms with van der Waals surface area (Å²) >= 11 is 0. The molecule has 0 aromatic carbocycles. The number of hydrogen-bond acceptors (Lipinski definition) is 7. The van der Waals surface area contributed by atoms with Crippen LogP contribution in [0.2, 0.25) is 0 Å². The Morgan fingerprint density at radius 3 is 2.42 bits per heavy atom. The Balaban J connectivity index is 2.12. The van der Waals surface area contributed by atoms with Gasteiger partial charge in [0.1, 0.15) is 0 Å². The minimum absolute atomic E-state index is 0.149. The zero-order valence-electron chi connectivity index (χ0n) is 14.4. The van der Waals surface area contributed by atoms with Crippen LogP contribution in [0.5, 0.6) is 0 Å². The molecule has 0 bridgehead atoms. The molecular formula is C16H26O7S. The van der Waals surface area contributed by atoms with E-state index in [0.29, 0.717) is 19.3 Å². The van der Waals surface area contributed by atoms with Crippen molar-refractivity contribution in [1.82, 2.24) is 0 Å². The summed E-state index contributed by atoms with van der Waals surface area (Å²) in [7, 11) is -3.67. The van der Waals surface area contributed by atoms with Gasteiger partial charge < -0.3 is 9.47 Å². The molecule has 7 nitrogen and oxygen atoms in total. The minimum Gasteiger partial charge on any atom is -0.466 e. The Bertz CT molecular complexity index is 585. The van der Waals surface area contributed by atoms with Crippen LogP contribution in [0.25, 0.3) is 0 Å². The molecule has 24 heavy (non-hydrogen) atoms. The third kappa shape index (κ3) is 3.91. The number of esters is 2. The van der Waals surface area contributed by atoms with Crippen molar-refractivity contribution in [3.63, 3.8) is 0 Å². The number of carbonyl (C=O) groups is 2. The largest absolute Gasteiger partial charge is 0.466 e. The van der Waals surface area contributed by atoms with Crippen LogP contribution in [0, 0.1) is 11.3 Å². The fourth-order valence-electron chi connectivity index (χ4n) is 4.12. The summed E-state index contributed by atoms with van der Waals surface area (Å²) in [6.45, 7) is 5.05. The average Bonchev–Trinajstić information content (AvgIpc) is 2.87. The van der Waals surface area contributed by atoms with Gasteiger partial charge in [0, 0.05) is 19.3 Å². The van der Waals surface area contributed by atoms with E-state index in [1.165, 1.54) is 13.8 Å². The SMILES string of the molecule is CC(=O)OCCCC1C2(CCOC(C)=O)CCC(C)C2OS1(=O)=O. The lowest BCUT2D eigenvalue weighted by molar-refractivity contribution is -0.142. The summed E-state index contributed by atoms with van der Waals surface area (Å²) < 4.78 is 40.4. The smallest absolute Gasteiger partial charge is 0.302 e. The standard InChI is InChI=1S/C16H26O7S/c1-11-6-7-16(8-10-22-13(3)18)14(5-4-9-21-12(2)17)24(19,20)23-15(11)16/h11,14-15H,4-10H2,1-3H3. The molecule has 4 atom stereocenters. The molecule has 2 fully saturated rings. The fraction of sp³-hybridized carbons (Fsp3) is 0.875. The molecule has 4 unspecified atom stereocenters. The monoisotopic (exact) mass is 362 g/mol. The van der Waals surface area contributed by atoms with Gasteiger partial charge in [0.25, 0.3) is 10.1 Å². The van der Waals surface area contributed by atoms with E-state index in [9.17, 15) is 18.0 Å². The lowest BCUT2D eigenvalue weighted by Gasteiger charge is -2.32. The van der Waals surface area contributed by atoms with Gasteiger partial charge in [-0.3, -0.25) is 13.8 Å². The first-order valence-electron chi connectivity index (χ1n) is 8.38. The molecule has 138 valence electrons. The van der Waals surface area contributed by atoms with Gasteiger partial charge in [0.05, 0.1) is 24.6 Å². The van der Waals surface area contributed by atoms with Crippen LogP contribution in [0.1, 0.15) is 52.9 Å². The Kier molecular flexibility index (Phi) is 5.91. The van der Waals surface area contributed by atoms with Gasteiger partial charge in [-0.05, 0) is 38.0 Å². The predicted octanol–water partition coefficient (Wildman–Crippen LogP) is 1.80. The highest BCUT2D eigenvalue weighted by Gasteiger charge is 2.63. The third-order valence-corrected chi connectivity index (χ3v) is 7.04. The summed E-state index contributed by atoms with van der Waals surface area (Å²) in [6, 6.07) is 0. The van der Waals surface area contributed by atoms with Gasteiger partial charge in [-0.15, -0.1) is 0 Å². The number of hydrogen-bond donors (Lipinski definition) is 0. The minimum atomic E-state index is -3.67. The second-order valence-corrected chi connectivity index (χ2v) is 8.57. The highest BCUT2D eigenvalue weighted by Crippen LogP contribution is 2.57. The maximum Gasteiger partial charge on any atom is 0.302 e. The molecule has 1 saturated carbocycles. The van der Waals surface area contributed by atoms with Crippen molar-refractivity contribution in [2.45, 2.75) is 64.2 Å². The van der Waals surface area contributed by atoms with Crippen molar-refractivity contribution in [2.75, 3.05) is 13.2 Å². The molecule has 0 aromatic rings. The zero-order chi connectivity index (χ0) is 18.0. The van der Waals surface area contributed by atoms with Crippen molar-refractivity contribution in [3.05, 3.63) is 0 Å². The molecule has 1 aliphatic carbocycles. The van der Waals surface area contributed by atoms with Gasteiger partial charge in [0.2, 0.25) is 0 Å². The molecule has 2 aliphatic rings. The van der Waals surface area contributed by atoms with E-state index in [1.807, 2.05) is 6.92 Å². The molecule has 8 heteroatoms. The number of ether oxygens (including phenoxy) is 2. The fourth-order valence-corrected chi connectivity index (χ4v) is 6.32. The summed E-state index contributed by atoms with van der Waals surface area (Å²) in [5.74, 6) is -0.602. The maximum absolute atomic E-state index is 12.5. The van der Waals surface area contributed by atoms with Crippen LogP contribution in [0.4, 0.5) is 0 Å². The molecule has 1 heterocycles. The molecule has 0 N–H and O–H groups in total. The lowest BCUT2D eigenvalue weighted by atomic mass is 9.75. The second-order valence-electron chi connectivity index (χ2n) is 6.82. The average molecular weight is 362 g/mol. The lowest BCUT2D eigenvalue weighted by Crippen LogP contribution is -2.39. The van der Waals surface area contributed by atoms with Crippen molar-refractivity contribution in [3.8, 4) is 0 Å². The van der Waals surface area contributed by atoms with Gasteiger partial charge in [-0.2, -0.15) is 8.42 Å². The van der Waals surface area contributed by atoms with E-state index >= 15 is 0 Å². The van der Waals surface area contributed by atoms with Crippen molar-refractivity contribution < 1.29 is 31.7 Å². The summed E-state index contributed by atoms with van der Waals surface area (Å²) in [6.07, 6.45) is 2.57. The van der Waals surface area contributed by atoms with Gasteiger partial charge in [-0.25, -0.2) is 0 Å². The van der Waals surface area contributed by atoms with Crippen LogP contribution in [-0.2, 0) is 33.4 Å². The Morgan fingerprint density at radius 1 is 1.17 bits per heavy atom. The second kappa shape index (κ2) is 7.39. The van der Waals surface area contributed by atoms with E-state index in [0.717, 1.165) is 12.8 Å². The predicted molar refractivity (Wildman–Crippen MR) is 85.5 cm³/mol. The molecule has 0 aromatic heterocycles. The van der Waals surface area contributed by atoms with Crippen molar-refractivity contribution >= 4 is 22.1 Å². The Labute approximate surface area is 143 Å². The third-order valence-electron chi connectivity index (χ3n) is 5.16. The Morgan fingerprint density at radius 2 is 1.79 bits per heavy atom. The van der Waals surface area contributed by atoms with Crippen LogP contribution in [-0.4, -0.2) is 44.9 Å². The number of carbonyl (C=O) groups excluding carboxylic acids is 2. The summed E-state index contributed by atoms with van der Waals surface area (Å²) in [5.41, 5.74) is -0.524. The first kappa shape index (κ1) is 19.2. The van der Waals surface area contributed by atoms with Gasteiger partial charge >= 0.3 is 11.9 Å². The van der Waals surface area contributed by atoms with Crippen molar-refractivity contribution in [1.29, 1.82) is 0 Å². The highest BCUT2D eigenvalue weighted by atomic mass is 32.2. The normalized spacial score (nSPS) is 33.9. The van der Waals surface area contributed by atoms with E-state index in [1.54, 1.807) is 0 Å². The number of rotatable bonds is 7. The van der Waals surface area contributed by atoms with Crippen LogP contribution >= 0.6 is 0 Å². The van der Waals surface area contributed by atoms with Crippen LogP contribution < -0.4 is 0 Å². The molecule has 1 aliphatic heterocycles. The molecule has 0 radical (unpaired) electrons. The topological polar surface area (TPSA) is 96.0 Å².